The van der Waals surface area contributed by atoms with E-state index in [0.717, 1.165) is 63.7 Å². The van der Waals surface area contributed by atoms with Gasteiger partial charge in [0.15, 0.2) is 6.10 Å². The van der Waals surface area contributed by atoms with Crippen molar-refractivity contribution in [3.8, 4) is 0 Å². The molecule has 2 unspecified atom stereocenters. The first-order valence-corrected chi connectivity index (χ1v) is 21.6. The second-order valence-electron chi connectivity index (χ2n) is 13.7. The summed E-state index contributed by atoms with van der Waals surface area (Å²) < 4.78 is 32.5. The van der Waals surface area contributed by atoms with Crippen LogP contribution >= 0.6 is 7.82 Å². The molecule has 53 heavy (non-hydrogen) atoms. The molecule has 4 N–H and O–H groups in total. The normalized spacial score (nSPS) is 15.7. The van der Waals surface area contributed by atoms with E-state index in [1.807, 2.05) is 24.3 Å². The Bertz CT molecular complexity index is 1060. The average Bonchev–Trinajstić information content (AvgIpc) is 3.14. The monoisotopic (exact) mass is 772 g/mol. The topological polar surface area (TPSA) is 169 Å². The van der Waals surface area contributed by atoms with Crippen molar-refractivity contribution in [1.82, 2.24) is 0 Å². The van der Waals surface area contributed by atoms with Crippen LogP contribution in [0.25, 0.3) is 0 Å². The number of phosphoric acid groups is 1. The number of carbonyl (C=O) groups excluding carboxylic acids is 2. The highest BCUT2D eigenvalue weighted by Crippen LogP contribution is 2.43. The molecule has 0 aromatic rings. The van der Waals surface area contributed by atoms with Crippen LogP contribution in [0.5, 0.6) is 0 Å². The van der Waals surface area contributed by atoms with Gasteiger partial charge in [0.1, 0.15) is 12.7 Å². The maximum absolute atomic E-state index is 12.6. The smallest absolute Gasteiger partial charge is 0.462 e. The van der Waals surface area contributed by atoms with Crippen LogP contribution in [0.4, 0.5) is 0 Å². The van der Waals surface area contributed by atoms with Crippen LogP contribution in [0.3, 0.4) is 0 Å². The number of unbranched alkanes of at least 4 members (excludes halogenated alkanes) is 9. The summed E-state index contributed by atoms with van der Waals surface area (Å²) in [5.74, 6) is -0.219. The average molecular weight is 773 g/mol. The Labute approximate surface area is 320 Å². The zero-order valence-electron chi connectivity index (χ0n) is 33.0. The summed E-state index contributed by atoms with van der Waals surface area (Å²) in [4.78, 5) is 34.8. The predicted octanol–water partition coefficient (Wildman–Crippen LogP) is 8.99. The summed E-state index contributed by atoms with van der Waals surface area (Å²) in [5.41, 5.74) is 0. The Morgan fingerprint density at radius 1 is 0.679 bits per heavy atom. The third-order valence-corrected chi connectivity index (χ3v) is 9.55. The van der Waals surface area contributed by atoms with E-state index in [4.69, 9.17) is 19.1 Å². The molecule has 0 aromatic heterocycles. The van der Waals surface area contributed by atoms with Crippen molar-refractivity contribution in [1.29, 1.82) is 0 Å². The molecule has 0 rings (SSSR count). The molecule has 0 heterocycles. The van der Waals surface area contributed by atoms with Crippen molar-refractivity contribution in [3.63, 3.8) is 0 Å². The second-order valence-corrected chi connectivity index (χ2v) is 15.2. The van der Waals surface area contributed by atoms with Crippen molar-refractivity contribution in [2.45, 2.75) is 167 Å². The van der Waals surface area contributed by atoms with Gasteiger partial charge in [-0.1, -0.05) is 140 Å². The molecule has 12 heteroatoms. The minimum atomic E-state index is -4.63. The molecule has 0 radical (unpaired) electrons. The van der Waals surface area contributed by atoms with Gasteiger partial charge in [-0.3, -0.25) is 18.6 Å². The number of aliphatic hydroxyl groups excluding tert-OH is 3. The first kappa shape index (κ1) is 50.9. The molecule has 0 aliphatic heterocycles. The van der Waals surface area contributed by atoms with Gasteiger partial charge in [0.05, 0.1) is 25.9 Å². The molecule has 0 amide bonds. The number of hydrogen-bond donors (Lipinski definition) is 4. The van der Waals surface area contributed by atoms with Crippen LogP contribution in [0.1, 0.15) is 149 Å². The molecule has 11 nitrogen and oxygen atoms in total. The van der Waals surface area contributed by atoms with E-state index < -0.39 is 51.8 Å². The summed E-state index contributed by atoms with van der Waals surface area (Å²) in [6, 6.07) is 0. The van der Waals surface area contributed by atoms with E-state index in [2.05, 4.69) is 49.6 Å². The van der Waals surface area contributed by atoms with E-state index in [-0.39, 0.29) is 25.6 Å². The fourth-order valence-electron chi connectivity index (χ4n) is 5.04. The number of esters is 2. The number of ether oxygens (including phenoxy) is 2. The van der Waals surface area contributed by atoms with Crippen LogP contribution in [0.15, 0.2) is 48.6 Å². The molecule has 0 spiro atoms. The van der Waals surface area contributed by atoms with E-state index in [0.29, 0.717) is 19.3 Å². The minimum Gasteiger partial charge on any atom is -0.462 e. The largest absolute Gasteiger partial charge is 0.472 e. The van der Waals surface area contributed by atoms with Crippen molar-refractivity contribution in [2.75, 3.05) is 26.4 Å². The van der Waals surface area contributed by atoms with Crippen LogP contribution in [-0.4, -0.2) is 76.9 Å². The number of aliphatic hydroxyl groups is 3. The molecule has 0 aliphatic carbocycles. The predicted molar refractivity (Wildman–Crippen MR) is 211 cm³/mol. The van der Waals surface area contributed by atoms with Crippen LogP contribution in [0.2, 0.25) is 0 Å². The Morgan fingerprint density at radius 3 is 1.87 bits per heavy atom. The SMILES string of the molecule is CCCC[C@H](O)/C=C\C/C=C\C/C=C\C/C=C\CCCC(=O)OC[C@H](COP(=O)(O)OC[C@@H](O)CO)OC(=O)CCCCCCCCCCC(C)CC. The fraction of sp³-hybridized carbons (Fsp3) is 0.756. The fourth-order valence-corrected chi connectivity index (χ4v) is 5.83. The lowest BCUT2D eigenvalue weighted by atomic mass is 9.99. The molecular formula is C41H73O11P. The van der Waals surface area contributed by atoms with Gasteiger partial charge in [0.2, 0.25) is 0 Å². The summed E-state index contributed by atoms with van der Waals surface area (Å²) >= 11 is 0. The quantitative estimate of drug-likeness (QED) is 0.0208. The Kier molecular flexibility index (Phi) is 34.2. The van der Waals surface area contributed by atoms with Crippen LogP contribution in [0, 0.1) is 5.92 Å². The summed E-state index contributed by atoms with van der Waals surface area (Å²) in [7, 11) is -4.63. The minimum absolute atomic E-state index is 0.148. The van der Waals surface area contributed by atoms with E-state index in [1.165, 1.54) is 38.5 Å². The van der Waals surface area contributed by atoms with Crippen molar-refractivity contribution < 1.29 is 52.9 Å². The second kappa shape index (κ2) is 35.6. The van der Waals surface area contributed by atoms with Crippen molar-refractivity contribution in [2.24, 2.45) is 5.92 Å². The molecule has 308 valence electrons. The molecule has 5 atom stereocenters. The highest BCUT2D eigenvalue weighted by atomic mass is 31.2. The first-order chi connectivity index (χ1) is 25.5. The molecule has 0 bridgehead atoms. The number of rotatable bonds is 36. The van der Waals surface area contributed by atoms with E-state index in [1.54, 1.807) is 0 Å². The Balaban J connectivity index is 4.47. The number of carbonyl (C=O) groups is 2. The maximum atomic E-state index is 12.6. The van der Waals surface area contributed by atoms with Crippen molar-refractivity contribution in [3.05, 3.63) is 48.6 Å². The summed E-state index contributed by atoms with van der Waals surface area (Å²) in [6.45, 7) is 4.43. The van der Waals surface area contributed by atoms with E-state index >= 15 is 0 Å². The Morgan fingerprint density at radius 2 is 1.25 bits per heavy atom. The lowest BCUT2D eigenvalue weighted by Crippen LogP contribution is -2.29. The molecular weight excluding hydrogens is 699 g/mol. The van der Waals surface area contributed by atoms with Gasteiger partial charge in [0, 0.05) is 12.8 Å². The number of allylic oxidation sites excluding steroid dienone is 7. The third kappa shape index (κ3) is 35.4. The van der Waals surface area contributed by atoms with Crippen molar-refractivity contribution >= 4 is 19.8 Å². The zero-order valence-corrected chi connectivity index (χ0v) is 33.9. The molecule has 0 saturated carbocycles. The highest BCUT2D eigenvalue weighted by molar-refractivity contribution is 7.47. The van der Waals surface area contributed by atoms with Gasteiger partial charge in [-0.2, -0.15) is 0 Å². The highest BCUT2D eigenvalue weighted by Gasteiger charge is 2.27. The van der Waals surface area contributed by atoms with Gasteiger partial charge < -0.3 is 29.7 Å². The standard InChI is InChI=1S/C41H73O11P/c1-4-6-28-37(43)29-24-20-16-11-9-7-8-10-12-17-21-25-30-40(45)49-34-39(35-51-53(47,48)50-33-38(44)32-42)52-41(46)31-26-22-18-14-13-15-19-23-27-36(3)5-2/h7-8,11-12,16-17,24,29,36-39,42-44H,4-6,9-10,13-15,18-23,25-28,30-35H2,1-3H3,(H,47,48)/b8-7-,16-11-,17-12-,29-24-/t36?,37-,38-,39+/m0/s1. The Hall–Kier alpha value is -2.11. The van der Waals surface area contributed by atoms with Gasteiger partial charge in [-0.15, -0.1) is 0 Å². The zero-order chi connectivity index (χ0) is 39.4. The van der Waals surface area contributed by atoms with Gasteiger partial charge in [-0.25, -0.2) is 4.57 Å². The lowest BCUT2D eigenvalue weighted by molar-refractivity contribution is -0.161. The molecule has 0 aromatic carbocycles. The van der Waals surface area contributed by atoms with Crippen LogP contribution in [-0.2, 0) is 32.7 Å². The van der Waals surface area contributed by atoms with E-state index in [9.17, 15) is 29.3 Å². The third-order valence-electron chi connectivity index (χ3n) is 8.60. The maximum Gasteiger partial charge on any atom is 0.472 e. The lowest BCUT2D eigenvalue weighted by Gasteiger charge is -2.20. The molecule has 0 saturated heterocycles. The first-order valence-electron chi connectivity index (χ1n) is 20.1. The number of phosphoric ester groups is 1. The van der Waals surface area contributed by atoms with Gasteiger partial charge in [-0.05, 0) is 50.9 Å². The molecule has 0 aliphatic rings. The van der Waals surface area contributed by atoms with Gasteiger partial charge >= 0.3 is 19.8 Å². The van der Waals surface area contributed by atoms with Crippen LogP contribution < -0.4 is 0 Å². The molecule has 0 fully saturated rings. The summed E-state index contributed by atoms with van der Waals surface area (Å²) in [5, 5.41) is 28.1. The summed E-state index contributed by atoms with van der Waals surface area (Å²) in [6.07, 6.45) is 31.4. The van der Waals surface area contributed by atoms with Gasteiger partial charge in [0.25, 0.3) is 0 Å². The number of hydrogen-bond acceptors (Lipinski definition) is 10.